The van der Waals surface area contributed by atoms with Crippen LogP contribution in [0.3, 0.4) is 0 Å². The van der Waals surface area contributed by atoms with E-state index in [2.05, 4.69) is 45.9 Å². The zero-order chi connectivity index (χ0) is 10.7. The molecule has 0 nitrogen and oxygen atoms in total. The summed E-state index contributed by atoms with van der Waals surface area (Å²) in [5, 5.41) is 0.255. The van der Waals surface area contributed by atoms with Crippen molar-refractivity contribution in [3.8, 4) is 0 Å². The second-order valence-electron chi connectivity index (χ2n) is 4.28. The molecule has 2 atom stereocenters. The quantitative estimate of drug-likeness (QED) is 0.648. The summed E-state index contributed by atoms with van der Waals surface area (Å²) in [4.78, 5) is 0. The first-order valence-electron chi connectivity index (χ1n) is 5.22. The number of aryl methyl sites for hydroxylation is 2. The first-order chi connectivity index (χ1) is 6.50. The van der Waals surface area contributed by atoms with Crippen LogP contribution in [-0.2, 0) is 0 Å². The Balaban J connectivity index is 2.84. The molecule has 0 amide bonds. The molecule has 14 heavy (non-hydrogen) atoms. The molecule has 0 N–H and O–H groups in total. The molecule has 0 aliphatic heterocycles. The lowest BCUT2D eigenvalue weighted by Crippen LogP contribution is -2.02. The van der Waals surface area contributed by atoms with Crippen LogP contribution < -0.4 is 0 Å². The average molecular weight is 211 g/mol. The van der Waals surface area contributed by atoms with Crippen molar-refractivity contribution in [2.45, 2.75) is 45.4 Å². The second kappa shape index (κ2) is 4.84. The van der Waals surface area contributed by atoms with Crippen LogP contribution in [0.2, 0.25) is 0 Å². The van der Waals surface area contributed by atoms with E-state index in [0.717, 1.165) is 6.42 Å². The van der Waals surface area contributed by atoms with Gasteiger partial charge in [0.25, 0.3) is 0 Å². The Bertz CT molecular complexity index is 302. The Morgan fingerprint density at radius 1 is 1.21 bits per heavy atom. The number of benzene rings is 1. The predicted octanol–water partition coefficient (Wildman–Crippen LogP) is 4.42. The van der Waals surface area contributed by atoms with Gasteiger partial charge in [-0.2, -0.15) is 0 Å². The fourth-order valence-corrected chi connectivity index (χ4v) is 2.26. The summed E-state index contributed by atoms with van der Waals surface area (Å²) in [5.41, 5.74) is 4.15. The van der Waals surface area contributed by atoms with Gasteiger partial charge in [-0.25, -0.2) is 0 Å². The summed E-state index contributed by atoms with van der Waals surface area (Å²) >= 11 is 6.01. The molecule has 0 saturated carbocycles. The van der Waals surface area contributed by atoms with Crippen LogP contribution in [0.5, 0.6) is 0 Å². The highest BCUT2D eigenvalue weighted by Gasteiger charge is 2.10. The highest BCUT2D eigenvalue weighted by atomic mass is 35.5. The highest BCUT2D eigenvalue weighted by Crippen LogP contribution is 2.25. The predicted molar refractivity (Wildman–Crippen MR) is 64.3 cm³/mol. The van der Waals surface area contributed by atoms with E-state index in [9.17, 15) is 0 Å². The Labute approximate surface area is 92.3 Å². The van der Waals surface area contributed by atoms with Crippen molar-refractivity contribution in [2.75, 3.05) is 0 Å². The highest BCUT2D eigenvalue weighted by molar-refractivity contribution is 6.20. The van der Waals surface area contributed by atoms with Crippen molar-refractivity contribution >= 4 is 11.6 Å². The minimum absolute atomic E-state index is 0.255. The molecule has 0 aliphatic carbocycles. The lowest BCUT2D eigenvalue weighted by Gasteiger charge is -2.16. The van der Waals surface area contributed by atoms with Gasteiger partial charge in [-0.3, -0.25) is 0 Å². The maximum atomic E-state index is 6.01. The van der Waals surface area contributed by atoms with Crippen molar-refractivity contribution in [3.05, 3.63) is 34.9 Å². The first kappa shape index (κ1) is 11.6. The van der Waals surface area contributed by atoms with Crippen LogP contribution in [0, 0.1) is 13.8 Å². The van der Waals surface area contributed by atoms with Gasteiger partial charge in [0.2, 0.25) is 0 Å². The van der Waals surface area contributed by atoms with Crippen LogP contribution in [0.4, 0.5) is 0 Å². The fraction of sp³-hybridized carbons (Fsp3) is 0.538. The van der Waals surface area contributed by atoms with Crippen LogP contribution in [0.25, 0.3) is 0 Å². The third-order valence-electron chi connectivity index (χ3n) is 2.63. The number of rotatable bonds is 3. The Kier molecular flexibility index (Phi) is 4.00. The lowest BCUT2D eigenvalue weighted by atomic mass is 9.92. The monoisotopic (exact) mass is 210 g/mol. The summed E-state index contributed by atoms with van der Waals surface area (Å²) in [6.45, 7) is 8.61. The van der Waals surface area contributed by atoms with Gasteiger partial charge in [-0.1, -0.05) is 30.7 Å². The Morgan fingerprint density at radius 3 is 2.36 bits per heavy atom. The molecule has 0 spiro atoms. The van der Waals surface area contributed by atoms with Crippen molar-refractivity contribution in [1.82, 2.24) is 0 Å². The maximum absolute atomic E-state index is 6.01. The number of halogens is 1. The third-order valence-corrected chi connectivity index (χ3v) is 2.81. The molecule has 0 saturated heterocycles. The molecule has 1 aromatic carbocycles. The van der Waals surface area contributed by atoms with Crippen LogP contribution in [0.1, 0.15) is 42.9 Å². The molecule has 1 aromatic rings. The molecule has 78 valence electrons. The first-order valence-corrected chi connectivity index (χ1v) is 5.65. The topological polar surface area (TPSA) is 0 Å². The molecule has 2 unspecified atom stereocenters. The molecule has 0 aromatic heterocycles. The normalized spacial score (nSPS) is 15.2. The molecular formula is C13H19Cl. The number of alkyl halides is 1. The standard InChI is InChI=1S/C13H19Cl/c1-9-5-6-13(10(2)7-9)11(3)8-12(4)14/h5-7,11-12H,8H2,1-4H3. The summed E-state index contributed by atoms with van der Waals surface area (Å²) in [6, 6.07) is 6.65. The largest absolute Gasteiger partial charge is 0.123 e. The summed E-state index contributed by atoms with van der Waals surface area (Å²) in [5.74, 6) is 0.558. The third kappa shape index (κ3) is 3.02. The molecule has 0 radical (unpaired) electrons. The van der Waals surface area contributed by atoms with E-state index in [0.29, 0.717) is 5.92 Å². The van der Waals surface area contributed by atoms with E-state index in [1.807, 2.05) is 0 Å². The summed E-state index contributed by atoms with van der Waals surface area (Å²) in [6.07, 6.45) is 1.05. The van der Waals surface area contributed by atoms with Crippen LogP contribution >= 0.6 is 11.6 Å². The minimum Gasteiger partial charge on any atom is -0.123 e. The SMILES string of the molecule is Cc1ccc(C(C)CC(C)Cl)c(C)c1. The molecule has 0 bridgehead atoms. The summed E-state index contributed by atoms with van der Waals surface area (Å²) < 4.78 is 0. The van der Waals surface area contributed by atoms with Crippen LogP contribution in [-0.4, -0.2) is 5.38 Å². The minimum atomic E-state index is 0.255. The van der Waals surface area contributed by atoms with Gasteiger partial charge < -0.3 is 0 Å². The van der Waals surface area contributed by atoms with E-state index in [-0.39, 0.29) is 5.38 Å². The zero-order valence-corrected chi connectivity index (χ0v) is 10.2. The second-order valence-corrected chi connectivity index (χ2v) is 5.02. The van der Waals surface area contributed by atoms with Gasteiger partial charge in [0.05, 0.1) is 0 Å². The molecule has 0 heterocycles. The van der Waals surface area contributed by atoms with Gasteiger partial charge in [0.1, 0.15) is 0 Å². The van der Waals surface area contributed by atoms with E-state index < -0.39 is 0 Å². The smallest absolute Gasteiger partial charge is 0.0313 e. The van der Waals surface area contributed by atoms with Crippen molar-refractivity contribution in [3.63, 3.8) is 0 Å². The lowest BCUT2D eigenvalue weighted by molar-refractivity contribution is 0.667. The Morgan fingerprint density at radius 2 is 1.86 bits per heavy atom. The van der Waals surface area contributed by atoms with E-state index in [4.69, 9.17) is 11.6 Å². The van der Waals surface area contributed by atoms with Gasteiger partial charge in [0, 0.05) is 5.38 Å². The van der Waals surface area contributed by atoms with Crippen molar-refractivity contribution in [2.24, 2.45) is 0 Å². The van der Waals surface area contributed by atoms with E-state index in [1.54, 1.807) is 0 Å². The van der Waals surface area contributed by atoms with E-state index in [1.165, 1.54) is 16.7 Å². The molecular weight excluding hydrogens is 192 g/mol. The fourth-order valence-electron chi connectivity index (χ4n) is 1.99. The molecule has 0 aliphatic rings. The van der Waals surface area contributed by atoms with Crippen molar-refractivity contribution in [1.29, 1.82) is 0 Å². The average Bonchev–Trinajstić information content (AvgIpc) is 2.01. The molecule has 0 fully saturated rings. The van der Waals surface area contributed by atoms with Crippen molar-refractivity contribution < 1.29 is 0 Å². The van der Waals surface area contributed by atoms with Gasteiger partial charge >= 0.3 is 0 Å². The van der Waals surface area contributed by atoms with Gasteiger partial charge in [0.15, 0.2) is 0 Å². The van der Waals surface area contributed by atoms with Gasteiger partial charge in [-0.15, -0.1) is 11.6 Å². The summed E-state index contributed by atoms with van der Waals surface area (Å²) in [7, 11) is 0. The maximum Gasteiger partial charge on any atom is 0.0313 e. The van der Waals surface area contributed by atoms with E-state index >= 15 is 0 Å². The Hall–Kier alpha value is -0.490. The zero-order valence-electron chi connectivity index (χ0n) is 9.47. The van der Waals surface area contributed by atoms with Gasteiger partial charge in [-0.05, 0) is 44.2 Å². The molecule has 1 rings (SSSR count). The molecule has 1 heteroatoms. The number of hydrogen-bond acceptors (Lipinski definition) is 0. The van der Waals surface area contributed by atoms with Crippen LogP contribution in [0.15, 0.2) is 18.2 Å². The number of hydrogen-bond donors (Lipinski definition) is 0.